The van der Waals surface area contributed by atoms with Gasteiger partial charge in [-0.25, -0.2) is 8.42 Å². The molecule has 0 aliphatic carbocycles. The third-order valence-electron chi connectivity index (χ3n) is 4.96. The van der Waals surface area contributed by atoms with E-state index in [0.29, 0.717) is 24.7 Å². The fourth-order valence-corrected chi connectivity index (χ4v) is 5.26. The number of halogens is 1. The van der Waals surface area contributed by atoms with E-state index >= 15 is 0 Å². The zero-order chi connectivity index (χ0) is 20.3. The van der Waals surface area contributed by atoms with Crippen molar-refractivity contribution < 1.29 is 13.2 Å². The zero-order valence-electron chi connectivity index (χ0n) is 16.1. The van der Waals surface area contributed by atoms with Crippen molar-refractivity contribution in [2.24, 2.45) is 0 Å². The number of hydrogen-bond donors (Lipinski definition) is 1. The molecule has 2 aromatic rings. The lowest BCUT2D eigenvalue weighted by molar-refractivity contribution is 0.102. The molecule has 0 radical (unpaired) electrons. The van der Waals surface area contributed by atoms with Crippen LogP contribution in [0, 0.1) is 0 Å². The van der Waals surface area contributed by atoms with Gasteiger partial charge in [-0.15, -0.1) is 0 Å². The highest BCUT2D eigenvalue weighted by Gasteiger charge is 2.28. The van der Waals surface area contributed by atoms with E-state index in [9.17, 15) is 13.2 Å². The maximum absolute atomic E-state index is 13.0. The molecule has 1 fully saturated rings. The molecule has 0 saturated carbocycles. The summed E-state index contributed by atoms with van der Waals surface area (Å²) in [4.78, 5) is 12.6. The van der Waals surface area contributed by atoms with Gasteiger partial charge < -0.3 is 5.32 Å². The smallest absolute Gasteiger partial charge is 0.255 e. The van der Waals surface area contributed by atoms with Crippen LogP contribution in [0.5, 0.6) is 0 Å². The number of carbonyl (C=O) groups excluding carboxylic acids is 1. The third-order valence-corrected chi connectivity index (χ3v) is 7.34. The Hall–Kier alpha value is -1.89. The molecule has 0 bridgehead atoms. The summed E-state index contributed by atoms with van der Waals surface area (Å²) < 4.78 is 27.4. The highest BCUT2D eigenvalue weighted by molar-refractivity contribution is 7.89. The summed E-state index contributed by atoms with van der Waals surface area (Å²) >= 11 is 6.17. The maximum Gasteiger partial charge on any atom is 0.255 e. The van der Waals surface area contributed by atoms with Crippen molar-refractivity contribution in [3.8, 4) is 0 Å². The van der Waals surface area contributed by atoms with Gasteiger partial charge in [-0.1, -0.05) is 44.0 Å². The van der Waals surface area contributed by atoms with E-state index < -0.39 is 10.0 Å². The van der Waals surface area contributed by atoms with E-state index in [1.165, 1.54) is 28.1 Å². The van der Waals surface area contributed by atoms with Crippen LogP contribution in [-0.4, -0.2) is 31.7 Å². The number of rotatable bonds is 5. The SMILES string of the molecule is CC(C)c1ccc(NC(=O)c2ccc(Cl)c(S(=O)(=O)N3CCCCC3)c2)cc1. The summed E-state index contributed by atoms with van der Waals surface area (Å²) in [5.41, 5.74) is 2.09. The summed E-state index contributed by atoms with van der Waals surface area (Å²) in [6, 6.07) is 12.0. The van der Waals surface area contributed by atoms with E-state index in [1.54, 1.807) is 0 Å². The average Bonchev–Trinajstić information content (AvgIpc) is 2.69. The molecule has 2 aromatic carbocycles. The Morgan fingerprint density at radius 1 is 1.04 bits per heavy atom. The van der Waals surface area contributed by atoms with Gasteiger partial charge in [-0.05, 0) is 54.7 Å². The Morgan fingerprint density at radius 2 is 1.68 bits per heavy atom. The van der Waals surface area contributed by atoms with Gasteiger partial charge in [0.15, 0.2) is 0 Å². The highest BCUT2D eigenvalue weighted by Crippen LogP contribution is 2.28. The van der Waals surface area contributed by atoms with E-state index in [1.807, 2.05) is 24.3 Å². The first kappa shape index (κ1) is 20.8. The fraction of sp³-hybridized carbons (Fsp3) is 0.381. The van der Waals surface area contributed by atoms with Gasteiger partial charge in [0, 0.05) is 24.3 Å². The molecule has 1 heterocycles. The van der Waals surface area contributed by atoms with Gasteiger partial charge in [-0.2, -0.15) is 4.31 Å². The topological polar surface area (TPSA) is 66.5 Å². The molecular formula is C21H25ClN2O3S. The molecule has 1 aliphatic rings. The molecule has 28 heavy (non-hydrogen) atoms. The molecule has 1 aliphatic heterocycles. The van der Waals surface area contributed by atoms with Gasteiger partial charge in [0.1, 0.15) is 4.90 Å². The lowest BCUT2D eigenvalue weighted by Gasteiger charge is -2.26. The predicted molar refractivity (Wildman–Crippen MR) is 113 cm³/mol. The lowest BCUT2D eigenvalue weighted by atomic mass is 10.0. The predicted octanol–water partition coefficient (Wildman–Crippen LogP) is 4.89. The van der Waals surface area contributed by atoms with Crippen molar-refractivity contribution >= 4 is 33.2 Å². The minimum atomic E-state index is -3.72. The van der Waals surface area contributed by atoms with E-state index in [4.69, 9.17) is 11.6 Å². The Labute approximate surface area is 171 Å². The molecule has 1 amide bonds. The highest BCUT2D eigenvalue weighted by atomic mass is 35.5. The van der Waals surface area contributed by atoms with Crippen LogP contribution < -0.4 is 5.32 Å². The van der Waals surface area contributed by atoms with Gasteiger partial charge in [0.25, 0.3) is 5.91 Å². The summed E-state index contributed by atoms with van der Waals surface area (Å²) in [6.45, 7) is 5.17. The number of piperidine rings is 1. The minimum Gasteiger partial charge on any atom is -0.322 e. The first-order valence-corrected chi connectivity index (χ1v) is 11.3. The van der Waals surface area contributed by atoms with Crippen molar-refractivity contribution in [3.05, 3.63) is 58.6 Å². The first-order chi connectivity index (χ1) is 13.3. The number of nitrogens with zero attached hydrogens (tertiary/aromatic N) is 1. The van der Waals surface area contributed by atoms with Crippen LogP contribution in [0.25, 0.3) is 0 Å². The number of amides is 1. The van der Waals surface area contributed by atoms with Crippen molar-refractivity contribution in [2.75, 3.05) is 18.4 Å². The summed E-state index contributed by atoms with van der Waals surface area (Å²) in [5, 5.41) is 2.94. The Bertz CT molecular complexity index is 950. The van der Waals surface area contributed by atoms with E-state index in [0.717, 1.165) is 19.3 Å². The zero-order valence-corrected chi connectivity index (χ0v) is 17.7. The molecule has 1 saturated heterocycles. The van der Waals surface area contributed by atoms with Gasteiger partial charge >= 0.3 is 0 Å². The van der Waals surface area contributed by atoms with Crippen LogP contribution >= 0.6 is 11.6 Å². The Balaban J connectivity index is 1.83. The second-order valence-electron chi connectivity index (χ2n) is 7.34. The second kappa shape index (κ2) is 8.64. The summed E-state index contributed by atoms with van der Waals surface area (Å²) in [7, 11) is -3.72. The Kier molecular flexibility index (Phi) is 6.43. The van der Waals surface area contributed by atoms with Crippen molar-refractivity contribution in [2.45, 2.75) is 43.9 Å². The van der Waals surface area contributed by atoms with Crippen LogP contribution in [0.3, 0.4) is 0 Å². The largest absolute Gasteiger partial charge is 0.322 e. The third kappa shape index (κ3) is 4.57. The van der Waals surface area contributed by atoms with Crippen LogP contribution in [0.4, 0.5) is 5.69 Å². The Morgan fingerprint density at radius 3 is 2.29 bits per heavy atom. The van der Waals surface area contributed by atoms with E-state index in [2.05, 4.69) is 19.2 Å². The molecule has 0 aromatic heterocycles. The summed E-state index contributed by atoms with van der Waals surface area (Å²) in [6.07, 6.45) is 2.70. The van der Waals surface area contributed by atoms with Gasteiger partial charge in [-0.3, -0.25) is 4.79 Å². The molecule has 5 nitrogen and oxygen atoms in total. The second-order valence-corrected chi connectivity index (χ2v) is 9.65. The van der Waals surface area contributed by atoms with Crippen molar-refractivity contribution in [3.63, 3.8) is 0 Å². The molecule has 150 valence electrons. The number of nitrogens with one attached hydrogen (secondary N) is 1. The normalized spacial score (nSPS) is 15.6. The van der Waals surface area contributed by atoms with E-state index in [-0.39, 0.29) is 21.4 Å². The van der Waals surface area contributed by atoms with Crippen molar-refractivity contribution in [1.82, 2.24) is 4.31 Å². The summed E-state index contributed by atoms with van der Waals surface area (Å²) in [5.74, 6) is 0.0348. The lowest BCUT2D eigenvalue weighted by Crippen LogP contribution is -2.35. The molecule has 0 spiro atoms. The number of sulfonamides is 1. The maximum atomic E-state index is 13.0. The standard InChI is InChI=1S/C21H25ClN2O3S/c1-15(2)16-6-9-18(10-7-16)23-21(25)17-8-11-19(22)20(14-17)28(26,27)24-12-4-3-5-13-24/h6-11,14-15H,3-5,12-13H2,1-2H3,(H,23,25). The minimum absolute atomic E-state index is 0.0149. The van der Waals surface area contributed by atoms with Crippen LogP contribution in [0.2, 0.25) is 5.02 Å². The molecule has 7 heteroatoms. The number of hydrogen-bond acceptors (Lipinski definition) is 3. The van der Waals surface area contributed by atoms with Gasteiger partial charge in [0.2, 0.25) is 10.0 Å². The monoisotopic (exact) mass is 420 g/mol. The molecular weight excluding hydrogens is 396 g/mol. The molecule has 0 unspecified atom stereocenters. The first-order valence-electron chi connectivity index (χ1n) is 9.50. The molecule has 3 rings (SSSR count). The van der Waals surface area contributed by atoms with Crippen LogP contribution in [0.1, 0.15) is 54.9 Å². The van der Waals surface area contributed by atoms with Crippen LogP contribution in [-0.2, 0) is 10.0 Å². The molecule has 1 N–H and O–H groups in total. The average molecular weight is 421 g/mol. The molecule has 0 atom stereocenters. The fourth-order valence-electron chi connectivity index (χ4n) is 3.24. The quantitative estimate of drug-likeness (QED) is 0.748. The van der Waals surface area contributed by atoms with Crippen molar-refractivity contribution in [1.29, 1.82) is 0 Å². The van der Waals surface area contributed by atoms with Gasteiger partial charge in [0.05, 0.1) is 5.02 Å². The number of anilines is 1. The number of carbonyl (C=O) groups is 1. The van der Waals surface area contributed by atoms with Crippen LogP contribution in [0.15, 0.2) is 47.4 Å². The number of benzene rings is 2.